The number of rotatable bonds is 3. The number of halogens is 1. The highest BCUT2D eigenvalue weighted by Gasteiger charge is 2.19. The van der Waals surface area contributed by atoms with Crippen molar-refractivity contribution in [1.29, 1.82) is 0 Å². The van der Waals surface area contributed by atoms with Gasteiger partial charge in [-0.15, -0.1) is 0 Å². The van der Waals surface area contributed by atoms with Gasteiger partial charge in [-0.05, 0) is 37.6 Å². The molecule has 1 aliphatic heterocycles. The number of benzene rings is 1. The number of nitrogens with one attached hydrogen (secondary N) is 1. The fourth-order valence-electron chi connectivity index (χ4n) is 2.14. The van der Waals surface area contributed by atoms with Crippen LogP contribution in [0.15, 0.2) is 28.7 Å². The average Bonchev–Trinajstić information content (AvgIpc) is 2.28. The van der Waals surface area contributed by atoms with Gasteiger partial charge in [-0.25, -0.2) is 0 Å². The molecule has 98 valence electrons. The van der Waals surface area contributed by atoms with E-state index in [1.807, 2.05) is 29.2 Å². The van der Waals surface area contributed by atoms with Crippen molar-refractivity contribution in [2.24, 2.45) is 0 Å². The third-order valence-corrected chi connectivity index (χ3v) is 3.45. The Kier molecular flexibility index (Phi) is 4.74. The molecule has 1 saturated heterocycles. The van der Waals surface area contributed by atoms with Crippen molar-refractivity contribution in [3.8, 4) is 0 Å². The van der Waals surface area contributed by atoms with E-state index in [4.69, 9.17) is 0 Å². The molecule has 0 bridgehead atoms. The number of hydrogen-bond donors (Lipinski definition) is 2. The fourth-order valence-corrected chi connectivity index (χ4v) is 2.54. The van der Waals surface area contributed by atoms with Crippen molar-refractivity contribution in [3.05, 3.63) is 28.7 Å². The average molecular weight is 313 g/mol. The first-order valence-corrected chi connectivity index (χ1v) is 6.88. The van der Waals surface area contributed by atoms with E-state index in [1.165, 1.54) is 0 Å². The minimum absolute atomic E-state index is 0.0396. The highest BCUT2D eigenvalue weighted by molar-refractivity contribution is 9.10. The summed E-state index contributed by atoms with van der Waals surface area (Å²) in [6.45, 7) is 1.80. The summed E-state index contributed by atoms with van der Waals surface area (Å²) in [5, 5.41) is 12.4. The molecule has 1 heterocycles. The van der Waals surface area contributed by atoms with E-state index in [1.54, 1.807) is 0 Å². The van der Waals surface area contributed by atoms with Crippen molar-refractivity contribution in [3.63, 3.8) is 0 Å². The van der Waals surface area contributed by atoms with Gasteiger partial charge in [0, 0.05) is 16.7 Å². The summed E-state index contributed by atoms with van der Waals surface area (Å²) in [7, 11) is 0. The Morgan fingerprint density at radius 1 is 1.56 bits per heavy atom. The molecule has 5 heteroatoms. The molecule has 0 aromatic heterocycles. The van der Waals surface area contributed by atoms with Crippen LogP contribution in [-0.2, 0) is 4.79 Å². The number of anilines is 1. The molecule has 18 heavy (non-hydrogen) atoms. The topological polar surface area (TPSA) is 52.6 Å². The van der Waals surface area contributed by atoms with Crippen molar-refractivity contribution in [2.75, 3.05) is 25.0 Å². The summed E-state index contributed by atoms with van der Waals surface area (Å²) >= 11 is 3.36. The third-order valence-electron chi connectivity index (χ3n) is 2.96. The van der Waals surface area contributed by atoms with E-state index in [-0.39, 0.29) is 12.0 Å². The fraction of sp³-hybridized carbons (Fsp3) is 0.462. The lowest BCUT2D eigenvalue weighted by atomic mass is 10.1. The molecule has 4 nitrogen and oxygen atoms in total. The van der Waals surface area contributed by atoms with Crippen LogP contribution >= 0.6 is 15.9 Å². The van der Waals surface area contributed by atoms with Crippen LogP contribution < -0.4 is 5.32 Å². The van der Waals surface area contributed by atoms with Crippen LogP contribution in [0.2, 0.25) is 0 Å². The predicted octanol–water partition coefficient (Wildman–Crippen LogP) is 1.84. The molecule has 1 aliphatic rings. The van der Waals surface area contributed by atoms with Crippen LogP contribution in [0.3, 0.4) is 0 Å². The molecule has 2 N–H and O–H groups in total. The quantitative estimate of drug-likeness (QED) is 0.895. The molecule has 1 unspecified atom stereocenters. The Balaban J connectivity index is 1.85. The van der Waals surface area contributed by atoms with Crippen molar-refractivity contribution >= 4 is 27.5 Å². The largest absolute Gasteiger partial charge is 0.392 e. The Bertz CT molecular complexity index is 425. The lowest BCUT2D eigenvalue weighted by molar-refractivity contribution is -0.118. The molecule has 1 fully saturated rings. The summed E-state index contributed by atoms with van der Waals surface area (Å²) in [6.07, 6.45) is 1.49. The highest BCUT2D eigenvalue weighted by Crippen LogP contribution is 2.16. The second kappa shape index (κ2) is 6.31. The lowest BCUT2D eigenvalue weighted by Gasteiger charge is -2.29. The molecule has 2 rings (SSSR count). The van der Waals surface area contributed by atoms with E-state index in [0.29, 0.717) is 13.1 Å². The van der Waals surface area contributed by atoms with Gasteiger partial charge in [-0.2, -0.15) is 0 Å². The van der Waals surface area contributed by atoms with Crippen LogP contribution in [-0.4, -0.2) is 41.7 Å². The van der Waals surface area contributed by atoms with Crippen LogP contribution in [0.1, 0.15) is 12.8 Å². The van der Waals surface area contributed by atoms with Gasteiger partial charge in [0.05, 0.1) is 12.6 Å². The molecule has 0 radical (unpaired) electrons. The third kappa shape index (κ3) is 4.08. The minimum atomic E-state index is -0.294. The zero-order chi connectivity index (χ0) is 13.0. The molecular formula is C13H17BrN2O2. The number of hydrogen-bond acceptors (Lipinski definition) is 3. The summed E-state index contributed by atoms with van der Waals surface area (Å²) in [5.74, 6) is -0.0396. The maximum Gasteiger partial charge on any atom is 0.238 e. The molecule has 1 aromatic carbocycles. The molecule has 0 spiro atoms. The van der Waals surface area contributed by atoms with Gasteiger partial charge in [0.1, 0.15) is 0 Å². The summed E-state index contributed by atoms with van der Waals surface area (Å²) in [5.41, 5.74) is 0.784. The monoisotopic (exact) mass is 312 g/mol. The first kappa shape index (κ1) is 13.5. The van der Waals surface area contributed by atoms with Gasteiger partial charge >= 0.3 is 0 Å². The van der Waals surface area contributed by atoms with Crippen LogP contribution in [0.4, 0.5) is 5.69 Å². The number of piperidine rings is 1. The molecule has 0 aliphatic carbocycles. The van der Waals surface area contributed by atoms with E-state index in [2.05, 4.69) is 21.2 Å². The standard InChI is InChI=1S/C13H17BrN2O2/c14-10-3-1-4-11(7-10)15-13(18)9-16-6-2-5-12(17)8-16/h1,3-4,7,12,17H,2,5-6,8-9H2,(H,15,18). The van der Waals surface area contributed by atoms with Crippen molar-refractivity contribution in [1.82, 2.24) is 4.90 Å². The smallest absolute Gasteiger partial charge is 0.238 e. The first-order valence-electron chi connectivity index (χ1n) is 6.09. The number of aliphatic hydroxyl groups excluding tert-OH is 1. The Labute approximate surface area is 115 Å². The van der Waals surface area contributed by atoms with Gasteiger partial charge < -0.3 is 10.4 Å². The van der Waals surface area contributed by atoms with Gasteiger partial charge in [0.2, 0.25) is 5.91 Å². The highest BCUT2D eigenvalue weighted by atomic mass is 79.9. The zero-order valence-corrected chi connectivity index (χ0v) is 11.7. The van der Waals surface area contributed by atoms with E-state index in [0.717, 1.165) is 29.5 Å². The van der Waals surface area contributed by atoms with Crippen LogP contribution in [0.5, 0.6) is 0 Å². The normalized spacial score (nSPS) is 20.7. The summed E-state index contributed by atoms with van der Waals surface area (Å²) in [4.78, 5) is 13.8. The van der Waals surface area contributed by atoms with Crippen LogP contribution in [0, 0.1) is 0 Å². The van der Waals surface area contributed by atoms with Gasteiger partial charge in [-0.3, -0.25) is 9.69 Å². The molecule has 1 atom stereocenters. The number of β-amino-alcohol motifs (C(OH)–C–C–N with tert-alkyl or cyclic N) is 1. The maximum absolute atomic E-state index is 11.8. The zero-order valence-electron chi connectivity index (χ0n) is 10.1. The first-order chi connectivity index (χ1) is 8.63. The molecular weight excluding hydrogens is 296 g/mol. The number of carbonyl (C=O) groups excluding carboxylic acids is 1. The molecule has 0 saturated carbocycles. The predicted molar refractivity (Wildman–Crippen MR) is 74.5 cm³/mol. The molecule has 1 amide bonds. The minimum Gasteiger partial charge on any atom is -0.392 e. The second-order valence-corrected chi connectivity index (χ2v) is 5.51. The molecule has 1 aromatic rings. The number of aliphatic hydroxyl groups is 1. The lowest BCUT2D eigenvalue weighted by Crippen LogP contribution is -2.42. The number of carbonyl (C=O) groups is 1. The van der Waals surface area contributed by atoms with Gasteiger partial charge in [0.25, 0.3) is 0 Å². The van der Waals surface area contributed by atoms with Crippen molar-refractivity contribution in [2.45, 2.75) is 18.9 Å². The Morgan fingerprint density at radius 2 is 2.39 bits per heavy atom. The van der Waals surface area contributed by atoms with E-state index in [9.17, 15) is 9.90 Å². The van der Waals surface area contributed by atoms with Crippen molar-refractivity contribution < 1.29 is 9.90 Å². The SMILES string of the molecule is O=C(CN1CCCC(O)C1)Nc1cccc(Br)c1. The van der Waals surface area contributed by atoms with Gasteiger partial charge in [0.15, 0.2) is 0 Å². The van der Waals surface area contributed by atoms with E-state index < -0.39 is 0 Å². The second-order valence-electron chi connectivity index (χ2n) is 4.59. The number of amides is 1. The summed E-state index contributed by atoms with van der Waals surface area (Å²) < 4.78 is 0.939. The van der Waals surface area contributed by atoms with E-state index >= 15 is 0 Å². The number of likely N-dealkylation sites (tertiary alicyclic amines) is 1. The van der Waals surface area contributed by atoms with Gasteiger partial charge in [-0.1, -0.05) is 22.0 Å². The Hall–Kier alpha value is -0.910. The Morgan fingerprint density at radius 3 is 3.11 bits per heavy atom. The maximum atomic E-state index is 11.8. The van der Waals surface area contributed by atoms with Crippen LogP contribution in [0.25, 0.3) is 0 Å². The number of nitrogens with zero attached hydrogens (tertiary/aromatic N) is 1. The summed E-state index contributed by atoms with van der Waals surface area (Å²) in [6, 6.07) is 7.51.